The highest BCUT2D eigenvalue weighted by Gasteiger charge is 1.99. The standard InChI is InChI=1S/C12H17NO3/c1-9(14)7-8-13-12(15)6-5-11-4-3-10(2)16-11/h3-6,9,14H,7-8H2,1-2H3,(H,13,15)/b6-5+. The fraction of sp³-hybridized carbons (Fsp3) is 0.417. The van der Waals surface area contributed by atoms with E-state index in [0.29, 0.717) is 18.7 Å². The molecule has 0 spiro atoms. The maximum atomic E-state index is 11.3. The molecule has 1 atom stereocenters. The average Bonchev–Trinajstić information content (AvgIpc) is 2.61. The maximum absolute atomic E-state index is 11.3. The Morgan fingerprint density at radius 2 is 2.38 bits per heavy atom. The Bertz CT molecular complexity index is 366. The predicted molar refractivity (Wildman–Crippen MR) is 61.8 cm³/mol. The van der Waals surface area contributed by atoms with Crippen molar-refractivity contribution in [2.45, 2.75) is 26.4 Å². The van der Waals surface area contributed by atoms with Gasteiger partial charge in [-0.3, -0.25) is 4.79 Å². The summed E-state index contributed by atoms with van der Waals surface area (Å²) in [5, 5.41) is 11.7. The minimum atomic E-state index is -0.392. The fourth-order valence-electron chi connectivity index (χ4n) is 1.16. The molecular formula is C12H17NO3. The van der Waals surface area contributed by atoms with E-state index in [1.54, 1.807) is 19.1 Å². The van der Waals surface area contributed by atoms with E-state index in [-0.39, 0.29) is 5.91 Å². The molecule has 4 heteroatoms. The average molecular weight is 223 g/mol. The summed E-state index contributed by atoms with van der Waals surface area (Å²) < 4.78 is 5.27. The highest BCUT2D eigenvalue weighted by Crippen LogP contribution is 2.07. The molecule has 1 unspecified atom stereocenters. The Hall–Kier alpha value is -1.55. The van der Waals surface area contributed by atoms with Gasteiger partial charge >= 0.3 is 0 Å². The van der Waals surface area contributed by atoms with Gasteiger partial charge in [0.2, 0.25) is 5.91 Å². The molecule has 1 amide bonds. The van der Waals surface area contributed by atoms with Crippen LogP contribution in [0.5, 0.6) is 0 Å². The lowest BCUT2D eigenvalue weighted by atomic mass is 10.3. The minimum Gasteiger partial charge on any atom is -0.462 e. The van der Waals surface area contributed by atoms with Crippen LogP contribution in [0.25, 0.3) is 6.08 Å². The summed E-state index contributed by atoms with van der Waals surface area (Å²) in [6.45, 7) is 4.01. The van der Waals surface area contributed by atoms with Crippen LogP contribution in [0.15, 0.2) is 22.6 Å². The van der Waals surface area contributed by atoms with Gasteiger partial charge in [-0.1, -0.05) is 0 Å². The SMILES string of the molecule is Cc1ccc(/C=C/C(=O)NCCC(C)O)o1. The molecule has 0 aliphatic carbocycles. The number of hydrogen-bond donors (Lipinski definition) is 2. The van der Waals surface area contributed by atoms with Crippen molar-refractivity contribution >= 4 is 12.0 Å². The lowest BCUT2D eigenvalue weighted by Gasteiger charge is -2.03. The third-order valence-corrected chi connectivity index (χ3v) is 2.02. The number of hydrogen-bond acceptors (Lipinski definition) is 3. The van der Waals surface area contributed by atoms with E-state index in [4.69, 9.17) is 9.52 Å². The van der Waals surface area contributed by atoms with Gasteiger partial charge in [0, 0.05) is 12.6 Å². The van der Waals surface area contributed by atoms with Crippen molar-refractivity contribution < 1.29 is 14.3 Å². The van der Waals surface area contributed by atoms with Gasteiger partial charge in [0.05, 0.1) is 6.10 Å². The molecule has 0 aliphatic rings. The first kappa shape index (κ1) is 12.5. The molecule has 16 heavy (non-hydrogen) atoms. The lowest BCUT2D eigenvalue weighted by molar-refractivity contribution is -0.116. The molecule has 1 aromatic rings. The molecule has 0 aliphatic heterocycles. The largest absolute Gasteiger partial charge is 0.462 e. The van der Waals surface area contributed by atoms with Gasteiger partial charge in [-0.25, -0.2) is 0 Å². The van der Waals surface area contributed by atoms with Crippen LogP contribution in [0.4, 0.5) is 0 Å². The number of aryl methyl sites for hydroxylation is 1. The molecule has 0 saturated heterocycles. The number of carbonyl (C=O) groups excluding carboxylic acids is 1. The summed E-state index contributed by atoms with van der Waals surface area (Å²) in [5.41, 5.74) is 0. The number of rotatable bonds is 5. The molecule has 0 fully saturated rings. The molecule has 1 aromatic heterocycles. The predicted octanol–water partition coefficient (Wildman–Crippen LogP) is 1.49. The number of aliphatic hydroxyl groups is 1. The van der Waals surface area contributed by atoms with Crippen LogP contribution in [-0.4, -0.2) is 23.7 Å². The van der Waals surface area contributed by atoms with Crippen molar-refractivity contribution in [3.63, 3.8) is 0 Å². The highest BCUT2D eigenvalue weighted by molar-refractivity contribution is 5.91. The zero-order valence-electron chi connectivity index (χ0n) is 9.56. The third-order valence-electron chi connectivity index (χ3n) is 2.02. The van der Waals surface area contributed by atoms with Gasteiger partial charge in [0.25, 0.3) is 0 Å². The van der Waals surface area contributed by atoms with Crippen LogP contribution in [0.1, 0.15) is 24.9 Å². The van der Waals surface area contributed by atoms with Crippen LogP contribution < -0.4 is 5.32 Å². The third kappa shape index (κ3) is 4.79. The number of furan rings is 1. The van der Waals surface area contributed by atoms with Crippen LogP contribution in [0, 0.1) is 6.92 Å². The number of amides is 1. The Kier molecular flexibility index (Phi) is 4.79. The van der Waals surface area contributed by atoms with Gasteiger partial charge < -0.3 is 14.8 Å². The summed E-state index contributed by atoms with van der Waals surface area (Å²) in [6, 6.07) is 3.64. The van der Waals surface area contributed by atoms with Gasteiger partial charge in [0.15, 0.2) is 0 Å². The van der Waals surface area contributed by atoms with Crippen molar-refractivity contribution in [1.29, 1.82) is 0 Å². The zero-order valence-corrected chi connectivity index (χ0v) is 9.56. The second kappa shape index (κ2) is 6.12. The van der Waals surface area contributed by atoms with E-state index in [1.807, 2.05) is 13.0 Å². The zero-order chi connectivity index (χ0) is 12.0. The Balaban J connectivity index is 2.31. The molecule has 88 valence electrons. The quantitative estimate of drug-likeness (QED) is 0.743. The first-order chi connectivity index (χ1) is 7.58. The lowest BCUT2D eigenvalue weighted by Crippen LogP contribution is -2.24. The molecule has 0 saturated carbocycles. The van der Waals surface area contributed by atoms with Crippen molar-refractivity contribution in [2.75, 3.05) is 6.54 Å². The van der Waals surface area contributed by atoms with Crippen LogP contribution in [-0.2, 0) is 4.79 Å². The monoisotopic (exact) mass is 223 g/mol. The Morgan fingerprint density at radius 3 is 2.94 bits per heavy atom. The van der Waals surface area contributed by atoms with E-state index < -0.39 is 6.10 Å². The van der Waals surface area contributed by atoms with Gasteiger partial charge in [-0.05, 0) is 38.5 Å². The van der Waals surface area contributed by atoms with E-state index in [2.05, 4.69) is 5.32 Å². The van der Waals surface area contributed by atoms with Crippen LogP contribution >= 0.6 is 0 Å². The molecular weight excluding hydrogens is 206 g/mol. The normalized spacial score (nSPS) is 12.9. The van der Waals surface area contributed by atoms with Gasteiger partial charge in [0.1, 0.15) is 11.5 Å². The van der Waals surface area contributed by atoms with Crippen molar-refractivity contribution in [3.05, 3.63) is 29.7 Å². The first-order valence-electron chi connectivity index (χ1n) is 5.28. The van der Waals surface area contributed by atoms with E-state index in [9.17, 15) is 4.79 Å². The fourth-order valence-corrected chi connectivity index (χ4v) is 1.16. The van der Waals surface area contributed by atoms with E-state index in [1.165, 1.54) is 6.08 Å². The van der Waals surface area contributed by atoms with E-state index >= 15 is 0 Å². The van der Waals surface area contributed by atoms with Crippen molar-refractivity contribution in [3.8, 4) is 0 Å². The van der Waals surface area contributed by atoms with Gasteiger partial charge in [-0.15, -0.1) is 0 Å². The molecule has 1 heterocycles. The van der Waals surface area contributed by atoms with E-state index in [0.717, 1.165) is 5.76 Å². The second-order valence-electron chi connectivity index (χ2n) is 3.71. The number of nitrogens with one attached hydrogen (secondary N) is 1. The molecule has 4 nitrogen and oxygen atoms in total. The number of carbonyl (C=O) groups is 1. The summed E-state index contributed by atoms with van der Waals surface area (Å²) in [6.07, 6.45) is 3.20. The highest BCUT2D eigenvalue weighted by atomic mass is 16.3. The summed E-state index contributed by atoms with van der Waals surface area (Å²) >= 11 is 0. The van der Waals surface area contributed by atoms with Crippen LogP contribution in [0.2, 0.25) is 0 Å². The maximum Gasteiger partial charge on any atom is 0.244 e. The Morgan fingerprint density at radius 1 is 1.62 bits per heavy atom. The summed E-state index contributed by atoms with van der Waals surface area (Å²) in [5.74, 6) is 1.28. The molecule has 1 rings (SSSR count). The van der Waals surface area contributed by atoms with Crippen LogP contribution in [0.3, 0.4) is 0 Å². The minimum absolute atomic E-state index is 0.185. The molecule has 0 aromatic carbocycles. The summed E-state index contributed by atoms with van der Waals surface area (Å²) in [4.78, 5) is 11.3. The molecule has 0 radical (unpaired) electrons. The summed E-state index contributed by atoms with van der Waals surface area (Å²) in [7, 11) is 0. The topological polar surface area (TPSA) is 62.5 Å². The smallest absolute Gasteiger partial charge is 0.244 e. The molecule has 2 N–H and O–H groups in total. The van der Waals surface area contributed by atoms with Crippen molar-refractivity contribution in [1.82, 2.24) is 5.32 Å². The Labute approximate surface area is 95.0 Å². The van der Waals surface area contributed by atoms with Crippen molar-refractivity contribution in [2.24, 2.45) is 0 Å². The molecule has 0 bridgehead atoms. The first-order valence-corrected chi connectivity index (χ1v) is 5.28. The van der Waals surface area contributed by atoms with Gasteiger partial charge in [-0.2, -0.15) is 0 Å². The second-order valence-corrected chi connectivity index (χ2v) is 3.71. The number of aliphatic hydroxyl groups excluding tert-OH is 1.